The van der Waals surface area contributed by atoms with Crippen LogP contribution in [0.3, 0.4) is 0 Å². The highest BCUT2D eigenvalue weighted by Crippen LogP contribution is 2.34. The summed E-state index contributed by atoms with van der Waals surface area (Å²) in [6, 6.07) is -1.54. The molecule has 0 saturated carbocycles. The summed E-state index contributed by atoms with van der Waals surface area (Å²) >= 11 is -0.117. The lowest BCUT2D eigenvalue weighted by atomic mass is 10.4. The van der Waals surface area contributed by atoms with Crippen LogP contribution in [0.25, 0.3) is 0 Å². The average molecular weight is 281 g/mol. The lowest BCUT2D eigenvalue weighted by molar-refractivity contribution is -0.139. The third-order valence-corrected chi connectivity index (χ3v) is 2.31. The van der Waals surface area contributed by atoms with Crippen molar-refractivity contribution in [2.24, 2.45) is 5.73 Å². The number of hydrogen-bond donors (Lipinski definition) is 2. The number of carbonyl (C=O) groups is 1. The Balaban J connectivity index is 4.68. The van der Waals surface area contributed by atoms with Crippen molar-refractivity contribution in [1.29, 1.82) is 0 Å². The molecule has 0 aromatic heterocycles. The van der Waals surface area contributed by atoms with Gasteiger partial charge in [0, 0.05) is 5.75 Å². The van der Waals surface area contributed by atoms with Gasteiger partial charge in [0.05, 0.1) is 0 Å². The number of rotatable bonds is 6. The Morgan fingerprint density at radius 3 is 2.35 bits per heavy atom. The van der Waals surface area contributed by atoms with Crippen LogP contribution in [0, 0.1) is 0 Å². The zero-order valence-electron chi connectivity index (χ0n) is 8.13. The first-order valence-corrected chi connectivity index (χ1v) is 4.95. The van der Waals surface area contributed by atoms with Crippen molar-refractivity contribution < 1.29 is 36.6 Å². The van der Waals surface area contributed by atoms with E-state index in [1.165, 1.54) is 0 Å². The quantitative estimate of drug-likeness (QED) is 0.573. The van der Waals surface area contributed by atoms with Gasteiger partial charge in [0.2, 0.25) is 17.8 Å². The number of carboxylic acid groups (broad SMARTS) is 1. The molecule has 0 heterocycles. The van der Waals surface area contributed by atoms with Crippen LogP contribution in [0.4, 0.5) is 22.0 Å². The Morgan fingerprint density at radius 2 is 2.00 bits per heavy atom. The molecule has 0 amide bonds. The summed E-state index contributed by atoms with van der Waals surface area (Å²) in [5.74, 6) is -4.27. The predicted molar refractivity (Wildman–Crippen MR) is 49.3 cm³/mol. The molecule has 3 N–H and O–H groups in total. The van der Waals surface area contributed by atoms with E-state index in [1.807, 2.05) is 0 Å². The summed E-state index contributed by atoms with van der Waals surface area (Å²) < 4.78 is 64.3. The molecular weight excluding hydrogens is 273 g/mol. The third-order valence-electron chi connectivity index (χ3n) is 1.34. The molecule has 0 saturated heterocycles. The van der Waals surface area contributed by atoms with Crippen LogP contribution in [0.1, 0.15) is 0 Å². The predicted octanol–water partition coefficient (Wildman–Crippen LogP) is 1.78. The van der Waals surface area contributed by atoms with Gasteiger partial charge in [-0.15, -0.1) is 0 Å². The molecule has 0 rings (SSSR count). The minimum Gasteiger partial charge on any atom is -0.480 e. The molecule has 0 unspecified atom stereocenters. The number of nitrogens with two attached hydrogens (primary N) is 1. The topological polar surface area (TPSA) is 72.5 Å². The van der Waals surface area contributed by atoms with Gasteiger partial charge in [0.15, 0.2) is 0 Å². The molecule has 1 atom stereocenters. The second-order valence-corrected chi connectivity index (χ2v) is 3.59. The molecule has 0 aromatic rings. The first-order chi connectivity index (χ1) is 7.70. The molecule has 4 nitrogen and oxygen atoms in total. The van der Waals surface area contributed by atoms with Crippen molar-refractivity contribution in [1.82, 2.24) is 0 Å². The van der Waals surface area contributed by atoms with Crippen LogP contribution in [0.2, 0.25) is 0 Å². The zero-order valence-corrected chi connectivity index (χ0v) is 8.95. The van der Waals surface area contributed by atoms with Gasteiger partial charge in [-0.2, -0.15) is 17.6 Å². The maximum absolute atomic E-state index is 13.0. The maximum Gasteiger partial charge on any atom is 0.452 e. The van der Waals surface area contributed by atoms with Gasteiger partial charge in [-0.05, 0) is 0 Å². The molecule has 100 valence electrons. The standard InChI is InChI=1S/C7H8F5NO3S/c8-2-16-4(7(10,11)12)5(9)17-1-3(13)6(14)15/h3H,1-2,13H2,(H,14,15)/b5-4+/t3-/m0/s1. The molecule has 17 heavy (non-hydrogen) atoms. The number of carboxylic acids is 1. The van der Waals surface area contributed by atoms with Crippen molar-refractivity contribution in [3.8, 4) is 0 Å². The number of ether oxygens (including phenoxy) is 1. The van der Waals surface area contributed by atoms with Crippen LogP contribution in [-0.2, 0) is 9.53 Å². The first-order valence-electron chi connectivity index (χ1n) is 3.97. The zero-order chi connectivity index (χ0) is 13.6. The van der Waals surface area contributed by atoms with Crippen LogP contribution in [-0.4, -0.2) is 35.9 Å². The Bertz CT molecular complexity index is 306. The molecule has 0 aliphatic rings. The Labute approximate surface area is 96.6 Å². The highest BCUT2D eigenvalue weighted by Gasteiger charge is 2.40. The summed E-state index contributed by atoms with van der Waals surface area (Å²) in [7, 11) is 0. The number of alkyl halides is 4. The maximum atomic E-state index is 13.0. The van der Waals surface area contributed by atoms with E-state index < -0.39 is 41.7 Å². The molecule has 0 bridgehead atoms. The molecule has 0 fully saturated rings. The van der Waals surface area contributed by atoms with E-state index in [1.54, 1.807) is 0 Å². The Hall–Kier alpha value is -1.03. The molecule has 0 aliphatic carbocycles. The van der Waals surface area contributed by atoms with E-state index in [2.05, 4.69) is 4.74 Å². The van der Waals surface area contributed by atoms with E-state index in [0.717, 1.165) is 0 Å². The van der Waals surface area contributed by atoms with Crippen LogP contribution < -0.4 is 5.73 Å². The third kappa shape index (κ3) is 5.73. The molecule has 0 radical (unpaired) electrons. The van der Waals surface area contributed by atoms with Gasteiger partial charge in [-0.3, -0.25) is 4.79 Å². The summed E-state index contributed by atoms with van der Waals surface area (Å²) in [6.07, 6.45) is -5.20. The largest absolute Gasteiger partial charge is 0.480 e. The van der Waals surface area contributed by atoms with Crippen LogP contribution in [0.15, 0.2) is 10.9 Å². The lowest BCUT2D eigenvalue weighted by Gasteiger charge is -2.12. The van der Waals surface area contributed by atoms with E-state index in [-0.39, 0.29) is 11.8 Å². The summed E-state index contributed by atoms with van der Waals surface area (Å²) in [5.41, 5.74) is 4.94. The van der Waals surface area contributed by atoms with Gasteiger partial charge in [-0.25, -0.2) is 4.39 Å². The number of thioether (sulfide) groups is 1. The average Bonchev–Trinajstić information content (AvgIpc) is 2.20. The van der Waals surface area contributed by atoms with E-state index in [4.69, 9.17) is 10.8 Å². The number of halogens is 5. The second kappa shape index (κ2) is 6.64. The fraction of sp³-hybridized carbons (Fsp3) is 0.571. The molecule has 0 aromatic carbocycles. The van der Waals surface area contributed by atoms with E-state index in [9.17, 15) is 26.7 Å². The number of allylic oxidation sites excluding steroid dienone is 1. The van der Waals surface area contributed by atoms with Gasteiger partial charge >= 0.3 is 12.1 Å². The van der Waals surface area contributed by atoms with E-state index in [0.29, 0.717) is 0 Å². The highest BCUT2D eigenvalue weighted by atomic mass is 32.2. The van der Waals surface area contributed by atoms with Crippen LogP contribution in [0.5, 0.6) is 0 Å². The fourth-order valence-electron chi connectivity index (χ4n) is 0.604. The van der Waals surface area contributed by atoms with Crippen molar-refractivity contribution in [3.05, 3.63) is 10.9 Å². The van der Waals surface area contributed by atoms with Gasteiger partial charge in [0.1, 0.15) is 6.04 Å². The Kier molecular flexibility index (Phi) is 6.24. The molecule has 0 spiro atoms. The molecular formula is C7H8F5NO3S. The number of hydrogen-bond acceptors (Lipinski definition) is 4. The van der Waals surface area contributed by atoms with Crippen LogP contribution >= 0.6 is 11.8 Å². The Morgan fingerprint density at radius 1 is 1.47 bits per heavy atom. The fourth-order valence-corrected chi connectivity index (χ4v) is 1.38. The number of aliphatic carboxylic acids is 1. The minimum absolute atomic E-state index is 0.117. The van der Waals surface area contributed by atoms with Gasteiger partial charge in [0.25, 0.3) is 0 Å². The second-order valence-electron chi connectivity index (χ2n) is 2.61. The summed E-state index contributed by atoms with van der Waals surface area (Å²) in [6.45, 7) is -1.85. The SMILES string of the molecule is N[C@@H](CS/C(F)=C(/OCF)C(F)(F)F)C(=O)O. The van der Waals surface area contributed by atoms with Crippen molar-refractivity contribution in [2.45, 2.75) is 12.2 Å². The normalized spacial score (nSPS) is 15.2. The minimum atomic E-state index is -5.20. The highest BCUT2D eigenvalue weighted by molar-refractivity contribution is 8.02. The lowest BCUT2D eigenvalue weighted by Crippen LogP contribution is -2.32. The van der Waals surface area contributed by atoms with Crippen molar-refractivity contribution in [3.63, 3.8) is 0 Å². The van der Waals surface area contributed by atoms with E-state index >= 15 is 0 Å². The molecule has 10 heteroatoms. The molecule has 0 aliphatic heterocycles. The smallest absolute Gasteiger partial charge is 0.452 e. The monoisotopic (exact) mass is 281 g/mol. The van der Waals surface area contributed by atoms with Crippen molar-refractivity contribution in [2.75, 3.05) is 12.6 Å². The first kappa shape index (κ1) is 16.0. The summed E-state index contributed by atoms with van der Waals surface area (Å²) in [5, 5.41) is 6.44. The summed E-state index contributed by atoms with van der Waals surface area (Å²) in [4.78, 5) is 10.2. The van der Waals surface area contributed by atoms with Gasteiger partial charge in [-0.1, -0.05) is 11.8 Å². The van der Waals surface area contributed by atoms with Crippen molar-refractivity contribution >= 4 is 17.7 Å². The van der Waals surface area contributed by atoms with Gasteiger partial charge < -0.3 is 15.6 Å².